The van der Waals surface area contributed by atoms with Crippen molar-refractivity contribution in [2.45, 2.75) is 53.6 Å². The van der Waals surface area contributed by atoms with E-state index in [1.54, 1.807) is 0 Å². The fourth-order valence-corrected chi connectivity index (χ4v) is 2.14. The molecule has 0 amide bonds. The minimum absolute atomic E-state index is 0.916. The largest absolute Gasteiger partial charge is 0.299 e. The summed E-state index contributed by atoms with van der Waals surface area (Å²) < 4.78 is 2.00. The quantitative estimate of drug-likeness (QED) is 0.805. The Labute approximate surface area is 106 Å². The molecule has 0 radical (unpaired) electrons. The molecule has 3 heteroatoms. The molecule has 0 saturated carbocycles. The van der Waals surface area contributed by atoms with Crippen LogP contribution in [0.1, 0.15) is 46.1 Å². The molecule has 0 bridgehead atoms. The third-order valence-corrected chi connectivity index (χ3v) is 3.29. The van der Waals surface area contributed by atoms with Gasteiger partial charge < -0.3 is 0 Å². The van der Waals surface area contributed by atoms with E-state index in [4.69, 9.17) is 0 Å². The number of likely N-dealkylation sites (tertiary alicyclic amines) is 1. The zero-order chi connectivity index (χ0) is 12.7. The molecule has 1 saturated heterocycles. The van der Waals surface area contributed by atoms with Gasteiger partial charge in [0, 0.05) is 24.8 Å². The summed E-state index contributed by atoms with van der Waals surface area (Å²) in [6, 6.07) is 0. The van der Waals surface area contributed by atoms with Gasteiger partial charge in [-0.05, 0) is 38.8 Å². The molecular formula is C14H27N3. The Morgan fingerprint density at radius 3 is 2.47 bits per heavy atom. The first kappa shape index (κ1) is 14.2. The molecule has 0 atom stereocenters. The standard InChI is InChI=1S/C12H21N3.C2H6/c1-3-15-10-12(8-13-15)9-14-6-4-11(2)5-7-14;1-2/h8,10-11H,3-7,9H2,1-2H3;1-2H3. The van der Waals surface area contributed by atoms with Gasteiger partial charge in [0.1, 0.15) is 0 Å². The normalized spacial score (nSPS) is 17.6. The molecule has 17 heavy (non-hydrogen) atoms. The molecule has 2 rings (SSSR count). The smallest absolute Gasteiger partial charge is 0.0534 e. The van der Waals surface area contributed by atoms with Gasteiger partial charge in [-0.2, -0.15) is 5.10 Å². The summed E-state index contributed by atoms with van der Waals surface area (Å²) in [5.41, 5.74) is 1.35. The van der Waals surface area contributed by atoms with E-state index in [2.05, 4.69) is 30.0 Å². The molecule has 0 aliphatic carbocycles. The van der Waals surface area contributed by atoms with Crippen LogP contribution in [0, 0.1) is 5.92 Å². The average Bonchev–Trinajstić information content (AvgIpc) is 2.82. The fourth-order valence-electron chi connectivity index (χ4n) is 2.14. The van der Waals surface area contributed by atoms with Crippen molar-refractivity contribution in [3.8, 4) is 0 Å². The van der Waals surface area contributed by atoms with Crippen molar-refractivity contribution in [1.29, 1.82) is 0 Å². The van der Waals surface area contributed by atoms with Crippen molar-refractivity contribution in [3.63, 3.8) is 0 Å². The summed E-state index contributed by atoms with van der Waals surface area (Å²) in [4.78, 5) is 2.54. The predicted octanol–water partition coefficient (Wildman–Crippen LogP) is 3.16. The highest BCUT2D eigenvalue weighted by atomic mass is 15.3. The molecule has 1 aromatic heterocycles. The van der Waals surface area contributed by atoms with Crippen molar-refractivity contribution in [3.05, 3.63) is 18.0 Å². The van der Waals surface area contributed by atoms with Gasteiger partial charge in [-0.15, -0.1) is 0 Å². The first-order valence-electron chi connectivity index (χ1n) is 7.01. The summed E-state index contributed by atoms with van der Waals surface area (Å²) in [5.74, 6) is 0.916. The Balaban J connectivity index is 0.000000686. The Bertz CT molecular complexity index is 298. The summed E-state index contributed by atoms with van der Waals surface area (Å²) in [6.07, 6.45) is 6.86. The Hall–Kier alpha value is -0.830. The molecule has 2 heterocycles. The van der Waals surface area contributed by atoms with Crippen LogP contribution in [-0.2, 0) is 13.1 Å². The van der Waals surface area contributed by atoms with Gasteiger partial charge in [0.2, 0.25) is 0 Å². The number of aryl methyl sites for hydroxylation is 1. The second-order valence-corrected chi connectivity index (χ2v) is 4.66. The number of hydrogen-bond acceptors (Lipinski definition) is 2. The number of nitrogens with zero attached hydrogens (tertiary/aromatic N) is 3. The van der Waals surface area contributed by atoms with Gasteiger partial charge in [-0.25, -0.2) is 0 Å². The van der Waals surface area contributed by atoms with Crippen LogP contribution in [-0.4, -0.2) is 27.8 Å². The number of aromatic nitrogens is 2. The highest BCUT2D eigenvalue weighted by molar-refractivity contribution is 5.03. The van der Waals surface area contributed by atoms with Crippen LogP contribution in [0.5, 0.6) is 0 Å². The van der Waals surface area contributed by atoms with Crippen molar-refractivity contribution in [2.24, 2.45) is 5.92 Å². The molecule has 1 fully saturated rings. The fraction of sp³-hybridized carbons (Fsp3) is 0.786. The first-order valence-corrected chi connectivity index (χ1v) is 7.01. The van der Waals surface area contributed by atoms with Crippen LogP contribution in [0.25, 0.3) is 0 Å². The maximum absolute atomic E-state index is 4.31. The highest BCUT2D eigenvalue weighted by Gasteiger charge is 2.15. The SMILES string of the molecule is CC.CCn1cc(CN2CCC(C)CC2)cn1. The monoisotopic (exact) mass is 237 g/mol. The van der Waals surface area contributed by atoms with Crippen LogP contribution in [0.15, 0.2) is 12.4 Å². The molecule has 98 valence electrons. The Kier molecular flexibility index (Phi) is 6.27. The third kappa shape index (κ3) is 4.50. The van der Waals surface area contributed by atoms with Crippen molar-refractivity contribution >= 4 is 0 Å². The van der Waals surface area contributed by atoms with Gasteiger partial charge in [0.15, 0.2) is 0 Å². The second-order valence-electron chi connectivity index (χ2n) is 4.66. The third-order valence-electron chi connectivity index (χ3n) is 3.29. The van der Waals surface area contributed by atoms with Crippen LogP contribution in [0.2, 0.25) is 0 Å². The maximum Gasteiger partial charge on any atom is 0.0534 e. The Morgan fingerprint density at radius 2 is 1.94 bits per heavy atom. The van der Waals surface area contributed by atoms with Crippen LogP contribution in [0.3, 0.4) is 0 Å². The minimum atomic E-state index is 0.916. The number of hydrogen-bond donors (Lipinski definition) is 0. The average molecular weight is 237 g/mol. The van der Waals surface area contributed by atoms with Crippen LogP contribution >= 0.6 is 0 Å². The Morgan fingerprint density at radius 1 is 1.29 bits per heavy atom. The van der Waals surface area contributed by atoms with E-state index in [1.807, 2.05) is 24.7 Å². The highest BCUT2D eigenvalue weighted by Crippen LogP contribution is 2.17. The van der Waals surface area contributed by atoms with E-state index in [9.17, 15) is 0 Å². The predicted molar refractivity (Wildman–Crippen MR) is 72.9 cm³/mol. The molecule has 0 spiro atoms. The van der Waals surface area contributed by atoms with E-state index < -0.39 is 0 Å². The van der Waals surface area contributed by atoms with E-state index in [-0.39, 0.29) is 0 Å². The van der Waals surface area contributed by atoms with Crippen LogP contribution in [0.4, 0.5) is 0 Å². The van der Waals surface area contributed by atoms with E-state index in [0.717, 1.165) is 19.0 Å². The topological polar surface area (TPSA) is 21.1 Å². The summed E-state index contributed by atoms with van der Waals surface area (Å²) in [6.45, 7) is 13.0. The van der Waals surface area contributed by atoms with Crippen molar-refractivity contribution in [2.75, 3.05) is 13.1 Å². The van der Waals surface area contributed by atoms with Crippen molar-refractivity contribution < 1.29 is 0 Å². The van der Waals surface area contributed by atoms with Gasteiger partial charge in [-0.3, -0.25) is 9.58 Å². The van der Waals surface area contributed by atoms with Gasteiger partial charge in [-0.1, -0.05) is 20.8 Å². The van der Waals surface area contributed by atoms with Crippen molar-refractivity contribution in [1.82, 2.24) is 14.7 Å². The van der Waals surface area contributed by atoms with E-state index in [1.165, 1.54) is 31.5 Å². The number of rotatable bonds is 3. The molecule has 0 unspecified atom stereocenters. The van der Waals surface area contributed by atoms with E-state index in [0.29, 0.717) is 0 Å². The molecule has 0 N–H and O–H groups in total. The lowest BCUT2D eigenvalue weighted by atomic mass is 9.99. The lowest BCUT2D eigenvalue weighted by Gasteiger charge is -2.29. The second kappa shape index (κ2) is 7.49. The molecule has 1 aliphatic heterocycles. The van der Waals surface area contributed by atoms with Crippen LogP contribution < -0.4 is 0 Å². The molecule has 3 nitrogen and oxygen atoms in total. The van der Waals surface area contributed by atoms with Gasteiger partial charge in [0.05, 0.1) is 6.20 Å². The molecule has 0 aromatic carbocycles. The summed E-state index contributed by atoms with van der Waals surface area (Å²) in [5, 5.41) is 4.31. The summed E-state index contributed by atoms with van der Waals surface area (Å²) >= 11 is 0. The zero-order valence-electron chi connectivity index (χ0n) is 11.8. The van der Waals surface area contributed by atoms with Gasteiger partial charge in [0.25, 0.3) is 0 Å². The summed E-state index contributed by atoms with van der Waals surface area (Å²) in [7, 11) is 0. The molecule has 1 aromatic rings. The zero-order valence-corrected chi connectivity index (χ0v) is 11.8. The molecule has 1 aliphatic rings. The molecular weight excluding hydrogens is 210 g/mol. The minimum Gasteiger partial charge on any atom is -0.299 e. The van der Waals surface area contributed by atoms with E-state index >= 15 is 0 Å². The lowest BCUT2D eigenvalue weighted by Crippen LogP contribution is -2.32. The lowest BCUT2D eigenvalue weighted by molar-refractivity contribution is 0.185. The maximum atomic E-state index is 4.31. The van der Waals surface area contributed by atoms with Gasteiger partial charge >= 0.3 is 0 Å². The first-order chi connectivity index (χ1) is 8.28. The number of piperidine rings is 1.